The van der Waals surface area contributed by atoms with Crippen molar-refractivity contribution < 1.29 is 4.79 Å². The van der Waals surface area contributed by atoms with E-state index in [1.807, 2.05) is 12.1 Å². The smallest absolute Gasteiger partial charge is 0.268 e. The lowest BCUT2D eigenvalue weighted by molar-refractivity contribution is 0.0912. The third-order valence-electron chi connectivity index (χ3n) is 3.42. The number of aromatic nitrogens is 1. The van der Waals surface area contributed by atoms with Gasteiger partial charge in [-0.25, -0.2) is 0 Å². The van der Waals surface area contributed by atoms with Gasteiger partial charge in [0.15, 0.2) is 5.43 Å². The Morgan fingerprint density at radius 2 is 2.06 bits per heavy atom. The largest absolute Gasteiger partial charge is 0.350 e. The Hall–Kier alpha value is -2.10. The molecule has 0 spiro atoms. The third-order valence-corrected chi connectivity index (χ3v) is 3.42. The molecule has 4 nitrogen and oxygen atoms in total. The number of hydrogen-bond acceptors (Lipinski definition) is 2. The molecular weight excluding hydrogens is 228 g/mol. The predicted molar refractivity (Wildman–Crippen MR) is 69.7 cm³/mol. The molecule has 1 aliphatic carbocycles. The van der Waals surface area contributed by atoms with E-state index >= 15 is 0 Å². The maximum Gasteiger partial charge on any atom is 0.268 e. The first-order valence-electron chi connectivity index (χ1n) is 6.17. The summed E-state index contributed by atoms with van der Waals surface area (Å²) >= 11 is 0. The number of nitrogens with one attached hydrogen (secondary N) is 2. The monoisotopic (exact) mass is 242 g/mol. The first kappa shape index (κ1) is 11.0. The summed E-state index contributed by atoms with van der Waals surface area (Å²) in [6, 6.07) is 8.85. The van der Waals surface area contributed by atoms with Crippen molar-refractivity contribution in [3.63, 3.8) is 0 Å². The summed E-state index contributed by atoms with van der Waals surface area (Å²) in [5, 5.41) is 3.52. The lowest BCUT2D eigenvalue weighted by Crippen LogP contribution is -2.40. The molecule has 0 atom stereocenters. The van der Waals surface area contributed by atoms with E-state index < -0.39 is 0 Å². The van der Waals surface area contributed by atoms with Gasteiger partial charge < -0.3 is 10.3 Å². The number of carbonyl (C=O) groups is 1. The van der Waals surface area contributed by atoms with Crippen LogP contribution in [0.15, 0.2) is 35.1 Å². The molecule has 4 heteroatoms. The van der Waals surface area contributed by atoms with Crippen LogP contribution in [0.2, 0.25) is 0 Å². The second-order valence-electron chi connectivity index (χ2n) is 4.69. The van der Waals surface area contributed by atoms with E-state index in [2.05, 4.69) is 10.3 Å². The minimum absolute atomic E-state index is 0.122. The molecule has 0 radical (unpaired) electrons. The van der Waals surface area contributed by atoms with Gasteiger partial charge in [-0.05, 0) is 31.4 Å². The van der Waals surface area contributed by atoms with Crippen LogP contribution in [-0.4, -0.2) is 16.9 Å². The van der Waals surface area contributed by atoms with E-state index in [1.54, 1.807) is 12.1 Å². The van der Waals surface area contributed by atoms with Gasteiger partial charge in [0.2, 0.25) is 0 Å². The Bertz CT molecular complexity index is 656. The Labute approximate surface area is 104 Å². The van der Waals surface area contributed by atoms with E-state index in [4.69, 9.17) is 0 Å². The fourth-order valence-electron chi connectivity index (χ4n) is 2.14. The van der Waals surface area contributed by atoms with Crippen molar-refractivity contribution in [2.24, 2.45) is 0 Å². The van der Waals surface area contributed by atoms with Crippen molar-refractivity contribution in [3.8, 4) is 0 Å². The highest BCUT2D eigenvalue weighted by atomic mass is 16.2. The number of para-hydroxylation sites is 1. The topological polar surface area (TPSA) is 62.0 Å². The molecule has 0 bridgehead atoms. The van der Waals surface area contributed by atoms with Crippen LogP contribution in [0, 0.1) is 0 Å². The second kappa shape index (κ2) is 4.29. The van der Waals surface area contributed by atoms with Gasteiger partial charge in [-0.15, -0.1) is 0 Å². The number of fused-ring (bicyclic) bond motifs is 1. The highest BCUT2D eigenvalue weighted by Gasteiger charge is 2.20. The molecule has 1 saturated carbocycles. The van der Waals surface area contributed by atoms with Crippen molar-refractivity contribution >= 4 is 16.8 Å². The molecule has 1 aromatic heterocycles. The zero-order valence-corrected chi connectivity index (χ0v) is 9.90. The first-order chi connectivity index (χ1) is 8.74. The van der Waals surface area contributed by atoms with Crippen LogP contribution in [0.25, 0.3) is 10.9 Å². The van der Waals surface area contributed by atoms with Crippen LogP contribution < -0.4 is 10.7 Å². The Morgan fingerprint density at radius 1 is 1.28 bits per heavy atom. The zero-order valence-electron chi connectivity index (χ0n) is 9.90. The van der Waals surface area contributed by atoms with Crippen molar-refractivity contribution in [3.05, 3.63) is 46.2 Å². The number of pyridine rings is 1. The predicted octanol–water partition coefficient (Wildman–Crippen LogP) is 1.81. The van der Waals surface area contributed by atoms with Gasteiger partial charge in [-0.1, -0.05) is 12.1 Å². The first-order valence-corrected chi connectivity index (χ1v) is 6.17. The summed E-state index contributed by atoms with van der Waals surface area (Å²) in [6.07, 6.45) is 3.23. The van der Waals surface area contributed by atoms with Crippen molar-refractivity contribution in [1.82, 2.24) is 10.3 Å². The number of rotatable bonds is 2. The van der Waals surface area contributed by atoms with Crippen LogP contribution in [0.5, 0.6) is 0 Å². The zero-order chi connectivity index (χ0) is 12.5. The fourth-order valence-corrected chi connectivity index (χ4v) is 2.14. The van der Waals surface area contributed by atoms with Crippen molar-refractivity contribution in [2.45, 2.75) is 25.3 Å². The minimum atomic E-state index is -0.192. The van der Waals surface area contributed by atoms with E-state index in [-0.39, 0.29) is 17.4 Å². The highest BCUT2D eigenvalue weighted by Crippen LogP contribution is 2.18. The fraction of sp³-hybridized carbons (Fsp3) is 0.286. The molecular formula is C14H14N2O2. The number of carbonyl (C=O) groups excluding carboxylic acids is 1. The molecule has 2 aromatic rings. The van der Waals surface area contributed by atoms with E-state index in [0.717, 1.165) is 12.8 Å². The summed E-state index contributed by atoms with van der Waals surface area (Å²) in [5.41, 5.74) is 0.914. The van der Waals surface area contributed by atoms with Gasteiger partial charge in [0.1, 0.15) is 5.69 Å². The lowest BCUT2D eigenvalue weighted by atomic mass is 9.93. The molecule has 1 aromatic carbocycles. The molecule has 1 aliphatic rings. The van der Waals surface area contributed by atoms with Crippen LogP contribution in [0.4, 0.5) is 0 Å². The summed E-state index contributed by atoms with van der Waals surface area (Å²) in [4.78, 5) is 26.8. The average molecular weight is 242 g/mol. The molecule has 1 amide bonds. The van der Waals surface area contributed by atoms with Crippen LogP contribution >= 0.6 is 0 Å². The number of benzene rings is 1. The Kier molecular flexibility index (Phi) is 2.63. The van der Waals surface area contributed by atoms with Gasteiger partial charge in [0.05, 0.1) is 0 Å². The van der Waals surface area contributed by atoms with Gasteiger partial charge in [-0.2, -0.15) is 0 Å². The molecule has 0 unspecified atom stereocenters. The number of hydrogen-bond donors (Lipinski definition) is 2. The molecule has 92 valence electrons. The summed E-state index contributed by atoms with van der Waals surface area (Å²) in [7, 11) is 0. The molecule has 0 aliphatic heterocycles. The maximum absolute atomic E-state index is 12.0. The van der Waals surface area contributed by atoms with E-state index in [0.29, 0.717) is 16.6 Å². The number of aromatic amines is 1. The second-order valence-corrected chi connectivity index (χ2v) is 4.69. The summed E-state index contributed by atoms with van der Waals surface area (Å²) < 4.78 is 0. The molecule has 2 N–H and O–H groups in total. The number of amides is 1. The van der Waals surface area contributed by atoms with Gasteiger partial charge >= 0.3 is 0 Å². The van der Waals surface area contributed by atoms with Gasteiger partial charge in [-0.3, -0.25) is 9.59 Å². The molecule has 0 saturated heterocycles. The molecule has 18 heavy (non-hydrogen) atoms. The van der Waals surface area contributed by atoms with Gasteiger partial charge in [0, 0.05) is 23.0 Å². The van der Waals surface area contributed by atoms with Crippen molar-refractivity contribution in [1.29, 1.82) is 0 Å². The molecule has 1 heterocycles. The van der Waals surface area contributed by atoms with Crippen LogP contribution in [0.3, 0.4) is 0 Å². The van der Waals surface area contributed by atoms with Gasteiger partial charge in [0.25, 0.3) is 5.91 Å². The van der Waals surface area contributed by atoms with E-state index in [9.17, 15) is 9.59 Å². The summed E-state index contributed by atoms with van der Waals surface area (Å²) in [5.74, 6) is -0.192. The third kappa shape index (κ3) is 1.90. The van der Waals surface area contributed by atoms with Crippen LogP contribution in [0.1, 0.15) is 29.8 Å². The lowest BCUT2D eigenvalue weighted by Gasteiger charge is -2.26. The average Bonchev–Trinajstić information content (AvgIpc) is 2.33. The standard InChI is InChI=1S/C14H14N2O2/c17-13-8-12(14(18)15-9-4-3-5-9)16-11-7-2-1-6-10(11)13/h1-2,6-9H,3-5H2,(H,15,18)(H,16,17). The maximum atomic E-state index is 12.0. The minimum Gasteiger partial charge on any atom is -0.350 e. The quantitative estimate of drug-likeness (QED) is 0.843. The van der Waals surface area contributed by atoms with Crippen molar-refractivity contribution in [2.75, 3.05) is 0 Å². The van der Waals surface area contributed by atoms with Crippen LogP contribution in [-0.2, 0) is 0 Å². The highest BCUT2D eigenvalue weighted by molar-refractivity contribution is 5.95. The normalized spacial score (nSPS) is 15.3. The Balaban J connectivity index is 1.96. The molecule has 1 fully saturated rings. The number of H-pyrrole nitrogens is 1. The summed E-state index contributed by atoms with van der Waals surface area (Å²) in [6.45, 7) is 0. The SMILES string of the molecule is O=C(NC1CCC1)c1cc(=O)c2ccccc2[nH]1. The molecule has 3 rings (SSSR count). The Morgan fingerprint density at radius 3 is 2.78 bits per heavy atom. The van der Waals surface area contributed by atoms with E-state index in [1.165, 1.54) is 12.5 Å².